The van der Waals surface area contributed by atoms with E-state index in [1.165, 1.54) is 4.90 Å². The standard InChI is InChI=1S/C18H24N4OS/c1-17(2,21-15(23)14-11-8-19-10-18(11,14)3)16-20-9-12-13(24-4)6-5-7-22(12)16/h5-7,9,11,14,19H,8,10H2,1-4H3,(H,21,23). The number of aromatic nitrogens is 2. The van der Waals surface area contributed by atoms with Crippen LogP contribution in [0.15, 0.2) is 29.4 Å². The first-order valence-corrected chi connectivity index (χ1v) is 9.64. The molecule has 3 atom stereocenters. The van der Waals surface area contributed by atoms with Gasteiger partial charge in [0.1, 0.15) is 5.82 Å². The molecule has 5 nitrogen and oxygen atoms in total. The predicted octanol–water partition coefficient (Wildman–Crippen LogP) is 2.26. The molecule has 1 saturated heterocycles. The maximum Gasteiger partial charge on any atom is 0.224 e. The average molecular weight is 344 g/mol. The van der Waals surface area contributed by atoms with E-state index in [9.17, 15) is 4.79 Å². The van der Waals surface area contributed by atoms with Crippen molar-refractivity contribution < 1.29 is 4.79 Å². The Labute approximate surface area is 146 Å². The summed E-state index contributed by atoms with van der Waals surface area (Å²) in [6.45, 7) is 8.18. The van der Waals surface area contributed by atoms with Crippen molar-refractivity contribution in [3.8, 4) is 0 Å². The van der Waals surface area contributed by atoms with Gasteiger partial charge in [-0.15, -0.1) is 11.8 Å². The number of hydrogen-bond donors (Lipinski definition) is 2. The number of carbonyl (C=O) groups excluding carboxylic acids is 1. The topological polar surface area (TPSA) is 58.4 Å². The van der Waals surface area contributed by atoms with Crippen LogP contribution in [-0.2, 0) is 10.3 Å². The lowest BCUT2D eigenvalue weighted by Gasteiger charge is -2.26. The van der Waals surface area contributed by atoms with E-state index in [4.69, 9.17) is 0 Å². The van der Waals surface area contributed by atoms with Crippen LogP contribution in [0.5, 0.6) is 0 Å². The van der Waals surface area contributed by atoms with E-state index in [-0.39, 0.29) is 17.2 Å². The highest BCUT2D eigenvalue weighted by Crippen LogP contribution is 2.60. The zero-order valence-corrected chi connectivity index (χ0v) is 15.4. The van der Waals surface area contributed by atoms with Crippen molar-refractivity contribution in [1.82, 2.24) is 20.0 Å². The summed E-state index contributed by atoms with van der Waals surface area (Å²) in [5, 5.41) is 6.62. The summed E-state index contributed by atoms with van der Waals surface area (Å²) in [5.74, 6) is 1.64. The minimum absolute atomic E-state index is 0.131. The number of carbonyl (C=O) groups is 1. The Morgan fingerprint density at radius 1 is 1.54 bits per heavy atom. The molecule has 2 aromatic rings. The third-order valence-corrected chi connectivity index (χ3v) is 6.54. The number of pyridine rings is 1. The van der Waals surface area contributed by atoms with Crippen LogP contribution in [0.25, 0.3) is 5.52 Å². The molecule has 0 bridgehead atoms. The van der Waals surface area contributed by atoms with Gasteiger partial charge in [0.15, 0.2) is 0 Å². The van der Waals surface area contributed by atoms with Gasteiger partial charge in [-0.3, -0.25) is 4.79 Å². The molecule has 0 aromatic carbocycles. The number of amides is 1. The number of nitrogens with one attached hydrogen (secondary N) is 2. The smallest absolute Gasteiger partial charge is 0.224 e. The molecule has 24 heavy (non-hydrogen) atoms. The van der Waals surface area contributed by atoms with Gasteiger partial charge < -0.3 is 15.0 Å². The maximum absolute atomic E-state index is 12.8. The highest BCUT2D eigenvalue weighted by Gasteiger charge is 2.67. The van der Waals surface area contributed by atoms with Gasteiger partial charge in [-0.05, 0) is 50.1 Å². The molecule has 4 rings (SSSR count). The van der Waals surface area contributed by atoms with Crippen molar-refractivity contribution in [3.63, 3.8) is 0 Å². The summed E-state index contributed by atoms with van der Waals surface area (Å²) in [6.07, 6.45) is 5.98. The second-order valence-electron chi connectivity index (χ2n) is 7.75. The van der Waals surface area contributed by atoms with Crippen LogP contribution in [0.2, 0.25) is 0 Å². The fourth-order valence-electron chi connectivity index (χ4n) is 4.30. The Morgan fingerprint density at radius 3 is 3.00 bits per heavy atom. The largest absolute Gasteiger partial charge is 0.344 e. The molecule has 2 aromatic heterocycles. The second-order valence-corrected chi connectivity index (χ2v) is 8.60. The number of imidazole rings is 1. The van der Waals surface area contributed by atoms with E-state index in [1.54, 1.807) is 11.8 Å². The van der Waals surface area contributed by atoms with E-state index in [0.717, 1.165) is 24.4 Å². The third-order valence-electron chi connectivity index (χ3n) is 5.75. The maximum atomic E-state index is 12.8. The first-order valence-electron chi connectivity index (χ1n) is 8.42. The van der Waals surface area contributed by atoms with Crippen LogP contribution in [0.1, 0.15) is 26.6 Å². The summed E-state index contributed by atoms with van der Waals surface area (Å²) >= 11 is 1.71. The van der Waals surface area contributed by atoms with Crippen LogP contribution in [0.4, 0.5) is 0 Å². The van der Waals surface area contributed by atoms with E-state index in [2.05, 4.69) is 39.3 Å². The Bertz CT molecular complexity index is 814. The number of rotatable bonds is 4. The van der Waals surface area contributed by atoms with Crippen LogP contribution in [0, 0.1) is 17.3 Å². The number of hydrogen-bond acceptors (Lipinski definition) is 4. The minimum Gasteiger partial charge on any atom is -0.344 e. The van der Waals surface area contributed by atoms with Gasteiger partial charge in [0.2, 0.25) is 5.91 Å². The summed E-state index contributed by atoms with van der Waals surface area (Å²) in [7, 11) is 0. The quantitative estimate of drug-likeness (QED) is 0.836. The van der Waals surface area contributed by atoms with E-state index in [1.807, 2.05) is 32.3 Å². The van der Waals surface area contributed by atoms with Crippen molar-refractivity contribution in [2.24, 2.45) is 17.3 Å². The molecule has 1 aliphatic carbocycles. The third kappa shape index (κ3) is 2.19. The van der Waals surface area contributed by atoms with Gasteiger partial charge in [-0.1, -0.05) is 6.92 Å². The highest BCUT2D eigenvalue weighted by molar-refractivity contribution is 7.98. The summed E-state index contributed by atoms with van der Waals surface area (Å²) in [6, 6.07) is 4.12. The van der Waals surface area contributed by atoms with Crippen molar-refractivity contribution in [2.75, 3.05) is 19.3 Å². The molecular formula is C18H24N4OS. The van der Waals surface area contributed by atoms with Crippen LogP contribution < -0.4 is 10.6 Å². The van der Waals surface area contributed by atoms with Gasteiger partial charge in [-0.2, -0.15) is 0 Å². The van der Waals surface area contributed by atoms with E-state index in [0.29, 0.717) is 5.92 Å². The van der Waals surface area contributed by atoms with Gasteiger partial charge in [0, 0.05) is 23.6 Å². The van der Waals surface area contributed by atoms with Crippen molar-refractivity contribution in [3.05, 3.63) is 30.4 Å². The van der Waals surface area contributed by atoms with Gasteiger partial charge in [0.05, 0.1) is 17.3 Å². The van der Waals surface area contributed by atoms with Crippen LogP contribution in [-0.4, -0.2) is 34.6 Å². The van der Waals surface area contributed by atoms with Crippen LogP contribution in [0.3, 0.4) is 0 Å². The lowest BCUT2D eigenvalue weighted by Crippen LogP contribution is -2.44. The zero-order chi connectivity index (χ0) is 17.1. The zero-order valence-electron chi connectivity index (χ0n) is 14.6. The van der Waals surface area contributed by atoms with Crippen molar-refractivity contribution in [1.29, 1.82) is 0 Å². The molecule has 0 radical (unpaired) electrons. The number of nitrogens with zero attached hydrogens (tertiary/aromatic N) is 2. The number of piperidine rings is 1. The first kappa shape index (κ1) is 16.0. The average Bonchev–Trinajstić information content (AvgIpc) is 2.88. The molecule has 2 aliphatic rings. The van der Waals surface area contributed by atoms with Crippen molar-refractivity contribution in [2.45, 2.75) is 31.2 Å². The Morgan fingerprint density at radius 2 is 2.33 bits per heavy atom. The van der Waals surface area contributed by atoms with Crippen molar-refractivity contribution >= 4 is 23.2 Å². The van der Waals surface area contributed by atoms with E-state index >= 15 is 0 Å². The summed E-state index contributed by atoms with van der Waals surface area (Å²) in [5.41, 5.74) is 0.712. The molecule has 6 heteroatoms. The summed E-state index contributed by atoms with van der Waals surface area (Å²) in [4.78, 5) is 18.6. The minimum atomic E-state index is -0.513. The van der Waals surface area contributed by atoms with Gasteiger partial charge in [-0.25, -0.2) is 4.98 Å². The lowest BCUT2D eigenvalue weighted by atomic mass is 10.0. The molecule has 0 spiro atoms. The van der Waals surface area contributed by atoms with E-state index < -0.39 is 5.54 Å². The fourth-order valence-corrected chi connectivity index (χ4v) is 4.88. The first-order chi connectivity index (χ1) is 11.4. The molecule has 2 fully saturated rings. The predicted molar refractivity (Wildman–Crippen MR) is 96.1 cm³/mol. The molecule has 2 N–H and O–H groups in total. The molecule has 3 heterocycles. The SMILES string of the molecule is CSc1cccn2c(C(C)(C)NC(=O)C3C4CNCC43C)ncc12. The Balaban J connectivity index is 1.60. The molecule has 1 amide bonds. The normalized spacial score (nSPS) is 28.8. The Hall–Kier alpha value is -1.53. The molecule has 1 saturated carbocycles. The molecule has 3 unspecified atom stereocenters. The monoisotopic (exact) mass is 344 g/mol. The summed E-state index contributed by atoms with van der Waals surface area (Å²) < 4.78 is 2.09. The second kappa shape index (κ2) is 5.23. The van der Waals surface area contributed by atoms with Gasteiger partial charge in [0.25, 0.3) is 0 Å². The molecule has 128 valence electrons. The fraction of sp³-hybridized carbons (Fsp3) is 0.556. The van der Waals surface area contributed by atoms with Crippen LogP contribution >= 0.6 is 11.8 Å². The highest BCUT2D eigenvalue weighted by atomic mass is 32.2. The lowest BCUT2D eigenvalue weighted by molar-refractivity contribution is -0.125. The van der Waals surface area contributed by atoms with Gasteiger partial charge >= 0.3 is 0 Å². The number of fused-ring (bicyclic) bond motifs is 2. The number of thioether (sulfide) groups is 1. The molecule has 1 aliphatic heterocycles. The molecular weight excluding hydrogens is 320 g/mol. The Kier molecular flexibility index (Phi) is 3.48.